The molecule has 1 aromatic rings. The summed E-state index contributed by atoms with van der Waals surface area (Å²) < 4.78 is 1.98. The number of rotatable bonds is 6. The van der Waals surface area contributed by atoms with Crippen LogP contribution in [0, 0.1) is 5.41 Å². The zero-order valence-corrected chi connectivity index (χ0v) is 16.9. The molecule has 0 saturated carbocycles. The van der Waals surface area contributed by atoms with Crippen LogP contribution in [0.2, 0.25) is 0 Å². The van der Waals surface area contributed by atoms with Crippen molar-refractivity contribution in [1.29, 1.82) is 0 Å². The first-order valence-electron chi connectivity index (χ1n) is 11.0. The number of nitrogens with zero attached hydrogens (tertiary/aromatic N) is 4. The fourth-order valence-electron chi connectivity index (χ4n) is 5.30. The molecule has 2 atom stereocenters. The predicted molar refractivity (Wildman–Crippen MR) is 109 cm³/mol. The molecule has 1 N–H and O–H groups in total. The lowest BCUT2D eigenvalue weighted by atomic mass is 9.71. The minimum absolute atomic E-state index is 0.151. The largest absolute Gasteiger partial charge is 0.392 e. The Bertz CT molecular complexity index is 687. The number of hydrogen-bond acceptors (Lipinski definition) is 4. The van der Waals surface area contributed by atoms with Crippen LogP contribution in [0.1, 0.15) is 51.4 Å². The lowest BCUT2D eigenvalue weighted by Gasteiger charge is -2.51. The van der Waals surface area contributed by atoms with E-state index in [-0.39, 0.29) is 17.4 Å². The third-order valence-corrected chi connectivity index (χ3v) is 6.86. The molecule has 2 fully saturated rings. The summed E-state index contributed by atoms with van der Waals surface area (Å²) in [6.07, 6.45) is 13.7. The lowest BCUT2D eigenvalue weighted by Crippen LogP contribution is -2.59. The van der Waals surface area contributed by atoms with Gasteiger partial charge in [-0.15, -0.1) is 0 Å². The van der Waals surface area contributed by atoms with Crippen molar-refractivity contribution < 1.29 is 9.90 Å². The van der Waals surface area contributed by atoms with Crippen LogP contribution in [-0.4, -0.2) is 69.4 Å². The van der Waals surface area contributed by atoms with Crippen LogP contribution in [0.4, 0.5) is 0 Å². The molecular formula is C22H34N4O2. The van der Waals surface area contributed by atoms with Gasteiger partial charge in [0.2, 0.25) is 5.91 Å². The average molecular weight is 387 g/mol. The van der Waals surface area contributed by atoms with Gasteiger partial charge in [-0.25, -0.2) is 0 Å². The van der Waals surface area contributed by atoms with Gasteiger partial charge in [-0.3, -0.25) is 9.48 Å². The van der Waals surface area contributed by atoms with Crippen molar-refractivity contribution in [3.8, 4) is 0 Å². The first-order chi connectivity index (χ1) is 13.6. The number of carbonyl (C=O) groups is 1. The number of amides is 1. The maximum absolute atomic E-state index is 12.9. The van der Waals surface area contributed by atoms with E-state index in [2.05, 4.69) is 16.1 Å². The molecule has 3 aliphatic rings. The summed E-state index contributed by atoms with van der Waals surface area (Å²) in [4.78, 5) is 17.4. The minimum atomic E-state index is -0.295. The van der Waals surface area contributed by atoms with Crippen LogP contribution in [0.5, 0.6) is 0 Å². The number of piperidine rings is 2. The molecule has 0 unspecified atom stereocenters. The van der Waals surface area contributed by atoms with Crippen molar-refractivity contribution in [2.45, 2.75) is 64.0 Å². The summed E-state index contributed by atoms with van der Waals surface area (Å²) in [5.41, 5.74) is 1.16. The number of aliphatic hydroxyl groups excluding tert-OH is 1. The zero-order chi connectivity index (χ0) is 19.4. The molecule has 2 aliphatic heterocycles. The number of hydrogen-bond donors (Lipinski definition) is 1. The molecular weight excluding hydrogens is 352 g/mol. The highest BCUT2D eigenvalue weighted by atomic mass is 16.3. The Labute approximate surface area is 168 Å². The molecule has 0 bridgehead atoms. The second-order valence-corrected chi connectivity index (χ2v) is 8.92. The van der Waals surface area contributed by atoms with Crippen LogP contribution >= 0.6 is 0 Å². The van der Waals surface area contributed by atoms with Crippen molar-refractivity contribution in [1.82, 2.24) is 19.6 Å². The molecule has 1 aromatic heterocycles. The summed E-state index contributed by atoms with van der Waals surface area (Å²) in [6.45, 7) is 5.37. The number of carbonyl (C=O) groups excluding carboxylic acids is 1. The van der Waals surface area contributed by atoms with Crippen molar-refractivity contribution >= 4 is 5.91 Å². The summed E-state index contributed by atoms with van der Waals surface area (Å²) in [5, 5.41) is 15.1. The van der Waals surface area contributed by atoms with Crippen molar-refractivity contribution in [2.24, 2.45) is 5.41 Å². The maximum atomic E-state index is 12.9. The molecule has 154 valence electrons. The van der Waals surface area contributed by atoms with Gasteiger partial charge in [-0.1, -0.05) is 11.6 Å². The molecule has 6 heteroatoms. The lowest BCUT2D eigenvalue weighted by molar-refractivity contribution is -0.140. The van der Waals surface area contributed by atoms with Crippen LogP contribution < -0.4 is 0 Å². The van der Waals surface area contributed by atoms with E-state index in [4.69, 9.17) is 0 Å². The van der Waals surface area contributed by atoms with Gasteiger partial charge in [0.25, 0.3) is 0 Å². The van der Waals surface area contributed by atoms with Crippen LogP contribution in [0.25, 0.3) is 0 Å². The molecule has 1 spiro atoms. The van der Waals surface area contributed by atoms with Gasteiger partial charge >= 0.3 is 0 Å². The quantitative estimate of drug-likeness (QED) is 0.763. The Morgan fingerprint density at radius 1 is 1.25 bits per heavy atom. The maximum Gasteiger partial charge on any atom is 0.226 e. The number of aliphatic hydroxyl groups is 1. The van der Waals surface area contributed by atoms with Gasteiger partial charge < -0.3 is 14.9 Å². The van der Waals surface area contributed by atoms with E-state index in [0.29, 0.717) is 6.42 Å². The number of likely N-dealkylation sites (tertiary alicyclic amines) is 2. The number of aromatic nitrogens is 2. The molecule has 6 nitrogen and oxygen atoms in total. The zero-order valence-electron chi connectivity index (χ0n) is 16.9. The van der Waals surface area contributed by atoms with Gasteiger partial charge in [0.1, 0.15) is 0 Å². The van der Waals surface area contributed by atoms with E-state index < -0.39 is 0 Å². The highest BCUT2D eigenvalue weighted by Crippen LogP contribution is 2.39. The first kappa shape index (κ1) is 19.6. The fraction of sp³-hybridized carbons (Fsp3) is 0.727. The normalized spacial score (nSPS) is 28.7. The predicted octanol–water partition coefficient (Wildman–Crippen LogP) is 2.45. The van der Waals surface area contributed by atoms with E-state index in [9.17, 15) is 9.90 Å². The Kier molecular flexibility index (Phi) is 6.16. The smallest absolute Gasteiger partial charge is 0.226 e. The summed E-state index contributed by atoms with van der Waals surface area (Å²) in [7, 11) is 0. The van der Waals surface area contributed by atoms with Crippen molar-refractivity contribution in [3.05, 3.63) is 30.1 Å². The topological polar surface area (TPSA) is 61.6 Å². The van der Waals surface area contributed by atoms with E-state index in [0.717, 1.165) is 77.8 Å². The summed E-state index contributed by atoms with van der Waals surface area (Å²) in [5.74, 6) is 0.259. The Morgan fingerprint density at radius 3 is 2.96 bits per heavy atom. The van der Waals surface area contributed by atoms with Crippen LogP contribution in [0.15, 0.2) is 30.1 Å². The molecule has 0 radical (unpaired) electrons. The first-order valence-corrected chi connectivity index (χ1v) is 11.0. The Balaban J connectivity index is 1.33. The van der Waals surface area contributed by atoms with Gasteiger partial charge in [0.15, 0.2) is 0 Å². The number of aryl methyl sites for hydroxylation is 1. The van der Waals surface area contributed by atoms with Crippen molar-refractivity contribution in [3.63, 3.8) is 0 Å². The second-order valence-electron chi connectivity index (χ2n) is 8.92. The van der Waals surface area contributed by atoms with Gasteiger partial charge in [-0.05, 0) is 57.6 Å². The van der Waals surface area contributed by atoms with Crippen LogP contribution in [-0.2, 0) is 11.3 Å². The van der Waals surface area contributed by atoms with Crippen molar-refractivity contribution in [2.75, 3.05) is 32.7 Å². The van der Waals surface area contributed by atoms with Gasteiger partial charge in [0, 0.05) is 57.0 Å². The molecule has 1 aliphatic carbocycles. The third-order valence-electron chi connectivity index (χ3n) is 6.86. The highest BCUT2D eigenvalue weighted by Gasteiger charge is 2.46. The molecule has 1 amide bonds. The van der Waals surface area contributed by atoms with E-state index >= 15 is 0 Å². The monoisotopic (exact) mass is 386 g/mol. The summed E-state index contributed by atoms with van der Waals surface area (Å²) >= 11 is 0. The van der Waals surface area contributed by atoms with E-state index in [1.807, 2.05) is 28.0 Å². The minimum Gasteiger partial charge on any atom is -0.392 e. The third kappa shape index (κ3) is 4.49. The second kappa shape index (κ2) is 8.78. The van der Waals surface area contributed by atoms with E-state index in [1.54, 1.807) is 0 Å². The fourth-order valence-corrected chi connectivity index (χ4v) is 5.30. The standard InChI is InChI=1S/C22H34N4O2/c27-20-8-15-24(11-5-14-26-13-4-10-23-26)17-22(20)9-3-12-25(18-22)21(28)16-19-6-1-2-7-19/h4,6,10,13,20,27H,1-3,5,7-9,11-12,14-18H2/t20-,22-/m1/s1. The molecule has 28 heavy (non-hydrogen) atoms. The van der Waals surface area contributed by atoms with E-state index in [1.165, 1.54) is 12.0 Å². The molecule has 0 aromatic carbocycles. The van der Waals surface area contributed by atoms with Gasteiger partial charge in [-0.2, -0.15) is 5.10 Å². The van der Waals surface area contributed by atoms with Crippen LogP contribution in [0.3, 0.4) is 0 Å². The molecule has 2 saturated heterocycles. The Hall–Kier alpha value is -1.66. The molecule has 4 rings (SSSR count). The molecule has 3 heterocycles. The highest BCUT2D eigenvalue weighted by molar-refractivity contribution is 5.79. The Morgan fingerprint density at radius 2 is 2.18 bits per heavy atom. The SMILES string of the molecule is O=C(CC1=CCCC1)N1CCC[C@@]2(CN(CCCn3cccn3)CC[C@H]2O)C1. The summed E-state index contributed by atoms with van der Waals surface area (Å²) in [6, 6.07) is 1.96. The van der Waals surface area contributed by atoms with Gasteiger partial charge in [0.05, 0.1) is 6.10 Å². The number of allylic oxidation sites excluding steroid dienone is 1. The average Bonchev–Trinajstić information content (AvgIpc) is 3.39.